The third kappa shape index (κ3) is 3.58. The maximum atomic E-state index is 5.95. The molecule has 3 heteroatoms. The van der Waals surface area contributed by atoms with Gasteiger partial charge < -0.3 is 10.1 Å². The van der Waals surface area contributed by atoms with Gasteiger partial charge in [-0.05, 0) is 43.5 Å². The third-order valence-electron chi connectivity index (χ3n) is 2.86. The van der Waals surface area contributed by atoms with Crippen molar-refractivity contribution in [1.82, 2.24) is 5.32 Å². The molecule has 88 valence electrons. The summed E-state index contributed by atoms with van der Waals surface area (Å²) in [5.41, 5.74) is 1.25. The first kappa shape index (κ1) is 12.1. The average Bonchev–Trinajstić information content (AvgIpc) is 3.09. The van der Waals surface area contributed by atoms with Gasteiger partial charge in [-0.15, -0.1) is 0 Å². The Kier molecular flexibility index (Phi) is 4.38. The van der Waals surface area contributed by atoms with Crippen molar-refractivity contribution in [2.45, 2.75) is 18.9 Å². The van der Waals surface area contributed by atoms with E-state index in [1.807, 2.05) is 7.05 Å². The number of ether oxygens (including phenoxy) is 1. The van der Waals surface area contributed by atoms with E-state index >= 15 is 0 Å². The summed E-state index contributed by atoms with van der Waals surface area (Å²) in [4.78, 5) is 0. The smallest absolute Gasteiger partial charge is 0.0949 e. The number of halogens is 1. The van der Waals surface area contributed by atoms with Crippen LogP contribution < -0.4 is 5.32 Å². The Morgan fingerprint density at radius 1 is 1.38 bits per heavy atom. The molecule has 1 aliphatic carbocycles. The lowest BCUT2D eigenvalue weighted by Gasteiger charge is -2.18. The zero-order valence-corrected chi connectivity index (χ0v) is 11.2. The molecule has 0 spiro atoms. The first-order valence-corrected chi connectivity index (χ1v) is 6.60. The molecule has 1 fully saturated rings. The fraction of sp³-hybridized carbons (Fsp3) is 0.538. The summed E-state index contributed by atoms with van der Waals surface area (Å²) in [6.45, 7) is 1.77. The third-order valence-corrected chi connectivity index (χ3v) is 3.39. The second-order valence-electron chi connectivity index (χ2n) is 4.37. The summed E-state index contributed by atoms with van der Waals surface area (Å²) in [5, 5.41) is 3.19. The molecular formula is C13H18BrNO. The summed E-state index contributed by atoms with van der Waals surface area (Å²) >= 11 is 3.45. The van der Waals surface area contributed by atoms with E-state index in [9.17, 15) is 0 Å². The van der Waals surface area contributed by atoms with Crippen LogP contribution in [0.2, 0.25) is 0 Å². The Labute approximate surface area is 106 Å². The van der Waals surface area contributed by atoms with Gasteiger partial charge >= 0.3 is 0 Å². The van der Waals surface area contributed by atoms with E-state index in [2.05, 4.69) is 45.5 Å². The quantitative estimate of drug-likeness (QED) is 0.866. The largest absolute Gasteiger partial charge is 0.372 e. The van der Waals surface area contributed by atoms with Gasteiger partial charge in [0, 0.05) is 11.0 Å². The van der Waals surface area contributed by atoms with Crippen molar-refractivity contribution in [3.63, 3.8) is 0 Å². The van der Waals surface area contributed by atoms with Crippen LogP contribution in [0.1, 0.15) is 24.5 Å². The SMILES string of the molecule is CNCC(OCC1CC1)c1ccc(Br)cc1. The van der Waals surface area contributed by atoms with Gasteiger partial charge in [-0.2, -0.15) is 0 Å². The molecule has 0 saturated heterocycles. The highest BCUT2D eigenvalue weighted by Crippen LogP contribution is 2.31. The molecule has 16 heavy (non-hydrogen) atoms. The molecule has 2 rings (SSSR count). The molecule has 1 aromatic rings. The molecule has 1 saturated carbocycles. The summed E-state index contributed by atoms with van der Waals surface area (Å²) in [5.74, 6) is 0.815. The minimum atomic E-state index is 0.179. The highest BCUT2D eigenvalue weighted by molar-refractivity contribution is 9.10. The Bertz CT molecular complexity index is 321. The van der Waals surface area contributed by atoms with Gasteiger partial charge in [0.25, 0.3) is 0 Å². The van der Waals surface area contributed by atoms with Gasteiger partial charge in [0.05, 0.1) is 12.7 Å². The van der Waals surface area contributed by atoms with Crippen LogP contribution in [0.15, 0.2) is 28.7 Å². The van der Waals surface area contributed by atoms with E-state index in [1.165, 1.54) is 18.4 Å². The first-order chi connectivity index (χ1) is 7.79. The van der Waals surface area contributed by atoms with Crippen molar-refractivity contribution in [2.24, 2.45) is 5.92 Å². The first-order valence-electron chi connectivity index (χ1n) is 5.81. The summed E-state index contributed by atoms with van der Waals surface area (Å²) in [7, 11) is 1.96. The lowest BCUT2D eigenvalue weighted by Crippen LogP contribution is -2.20. The molecular weight excluding hydrogens is 266 g/mol. The van der Waals surface area contributed by atoms with Crippen LogP contribution in [-0.4, -0.2) is 20.2 Å². The number of rotatable bonds is 6. The second-order valence-corrected chi connectivity index (χ2v) is 5.29. The Balaban J connectivity index is 1.95. The predicted octanol–water partition coefficient (Wildman–Crippen LogP) is 3.14. The zero-order chi connectivity index (χ0) is 11.4. The Morgan fingerprint density at radius 3 is 2.62 bits per heavy atom. The molecule has 1 N–H and O–H groups in total. The molecule has 0 radical (unpaired) electrons. The minimum Gasteiger partial charge on any atom is -0.372 e. The average molecular weight is 284 g/mol. The molecule has 0 aliphatic heterocycles. The molecule has 0 amide bonds. The van der Waals surface area contributed by atoms with E-state index in [1.54, 1.807) is 0 Å². The van der Waals surface area contributed by atoms with Crippen LogP contribution in [0.25, 0.3) is 0 Å². The number of hydrogen-bond donors (Lipinski definition) is 1. The maximum absolute atomic E-state index is 5.95. The van der Waals surface area contributed by atoms with Crippen LogP contribution in [0.4, 0.5) is 0 Å². The van der Waals surface area contributed by atoms with Gasteiger partial charge in [0.2, 0.25) is 0 Å². The topological polar surface area (TPSA) is 21.3 Å². The number of likely N-dealkylation sites (N-methyl/N-ethyl adjacent to an activating group) is 1. The van der Waals surface area contributed by atoms with Crippen molar-refractivity contribution < 1.29 is 4.74 Å². The van der Waals surface area contributed by atoms with Crippen LogP contribution in [0, 0.1) is 5.92 Å². The predicted molar refractivity (Wildman–Crippen MR) is 69.5 cm³/mol. The van der Waals surface area contributed by atoms with Gasteiger partial charge in [-0.3, -0.25) is 0 Å². The van der Waals surface area contributed by atoms with Gasteiger partial charge in [0.15, 0.2) is 0 Å². The zero-order valence-electron chi connectivity index (χ0n) is 9.58. The van der Waals surface area contributed by atoms with Gasteiger partial charge in [-0.1, -0.05) is 28.1 Å². The van der Waals surface area contributed by atoms with Crippen LogP contribution >= 0.6 is 15.9 Å². The lowest BCUT2D eigenvalue weighted by atomic mass is 10.1. The number of benzene rings is 1. The maximum Gasteiger partial charge on any atom is 0.0949 e. The van der Waals surface area contributed by atoms with Gasteiger partial charge in [0.1, 0.15) is 0 Å². The van der Waals surface area contributed by atoms with E-state index in [4.69, 9.17) is 4.74 Å². The summed E-state index contributed by atoms with van der Waals surface area (Å²) < 4.78 is 7.07. The lowest BCUT2D eigenvalue weighted by molar-refractivity contribution is 0.0465. The highest BCUT2D eigenvalue weighted by atomic mass is 79.9. The second kappa shape index (κ2) is 5.80. The van der Waals surface area contributed by atoms with Crippen molar-refractivity contribution in [3.8, 4) is 0 Å². The Hall–Kier alpha value is -0.380. The van der Waals surface area contributed by atoms with Crippen LogP contribution in [-0.2, 0) is 4.74 Å². The van der Waals surface area contributed by atoms with Gasteiger partial charge in [-0.25, -0.2) is 0 Å². The van der Waals surface area contributed by atoms with Crippen LogP contribution in [0.3, 0.4) is 0 Å². The van der Waals surface area contributed by atoms with Crippen molar-refractivity contribution in [1.29, 1.82) is 0 Å². The number of hydrogen-bond acceptors (Lipinski definition) is 2. The molecule has 1 aliphatic rings. The minimum absolute atomic E-state index is 0.179. The van der Waals surface area contributed by atoms with Crippen molar-refractivity contribution in [3.05, 3.63) is 34.3 Å². The molecule has 1 atom stereocenters. The van der Waals surface area contributed by atoms with E-state index < -0.39 is 0 Å². The van der Waals surface area contributed by atoms with E-state index in [-0.39, 0.29) is 6.10 Å². The number of nitrogens with one attached hydrogen (secondary N) is 1. The van der Waals surface area contributed by atoms with E-state index in [0.29, 0.717) is 0 Å². The Morgan fingerprint density at radius 2 is 2.06 bits per heavy atom. The van der Waals surface area contributed by atoms with Crippen LogP contribution in [0.5, 0.6) is 0 Å². The molecule has 0 heterocycles. The molecule has 1 unspecified atom stereocenters. The van der Waals surface area contributed by atoms with E-state index in [0.717, 1.165) is 23.5 Å². The van der Waals surface area contributed by atoms with Crippen molar-refractivity contribution >= 4 is 15.9 Å². The molecule has 0 bridgehead atoms. The fourth-order valence-electron chi connectivity index (χ4n) is 1.67. The normalized spacial score (nSPS) is 17.4. The summed E-state index contributed by atoms with van der Waals surface area (Å²) in [6, 6.07) is 8.38. The standard InChI is InChI=1S/C13H18BrNO/c1-15-8-13(16-9-10-2-3-10)11-4-6-12(14)7-5-11/h4-7,10,13,15H,2-3,8-9H2,1H3. The highest BCUT2D eigenvalue weighted by Gasteiger charge is 2.23. The fourth-order valence-corrected chi connectivity index (χ4v) is 1.94. The molecule has 0 aromatic heterocycles. The van der Waals surface area contributed by atoms with Crippen molar-refractivity contribution in [2.75, 3.05) is 20.2 Å². The monoisotopic (exact) mass is 283 g/mol. The molecule has 1 aromatic carbocycles. The summed E-state index contributed by atoms with van der Waals surface area (Å²) in [6.07, 6.45) is 2.86. The molecule has 2 nitrogen and oxygen atoms in total.